The number of benzene rings is 1. The zero-order valence-corrected chi connectivity index (χ0v) is 12.2. The second-order valence-electron chi connectivity index (χ2n) is 5.22. The molecule has 1 N–H and O–H groups in total. The molecule has 0 aromatic heterocycles. The molecule has 0 radical (unpaired) electrons. The van der Waals surface area contributed by atoms with Gasteiger partial charge in [-0.15, -0.1) is 0 Å². The quantitative estimate of drug-likeness (QED) is 0.824. The summed E-state index contributed by atoms with van der Waals surface area (Å²) in [6, 6.07) is 9.75. The highest BCUT2D eigenvalue weighted by Gasteiger charge is 2.31. The van der Waals surface area contributed by atoms with Crippen molar-refractivity contribution in [3.63, 3.8) is 0 Å². The summed E-state index contributed by atoms with van der Waals surface area (Å²) in [5, 5.41) is 3.17. The van der Waals surface area contributed by atoms with E-state index in [1.807, 2.05) is 37.4 Å². The summed E-state index contributed by atoms with van der Waals surface area (Å²) in [6.07, 6.45) is -3.50. The molecule has 1 unspecified atom stereocenters. The Morgan fingerprint density at radius 3 is 2.20 bits per heavy atom. The van der Waals surface area contributed by atoms with Crippen LogP contribution in [0.1, 0.15) is 31.9 Å². The number of hydrogen-bond acceptors (Lipinski definition) is 2. The molecule has 1 rings (SSSR count). The summed E-state index contributed by atoms with van der Waals surface area (Å²) >= 11 is 0. The fourth-order valence-corrected chi connectivity index (χ4v) is 2.21. The molecule has 20 heavy (non-hydrogen) atoms. The van der Waals surface area contributed by atoms with Gasteiger partial charge in [-0.25, -0.2) is 0 Å². The van der Waals surface area contributed by atoms with Gasteiger partial charge in [-0.3, -0.25) is 4.90 Å². The van der Waals surface area contributed by atoms with Crippen molar-refractivity contribution in [3.8, 4) is 0 Å². The third-order valence-corrected chi connectivity index (χ3v) is 3.37. The number of nitrogens with zero attached hydrogens (tertiary/aromatic N) is 1. The van der Waals surface area contributed by atoms with Crippen molar-refractivity contribution in [3.05, 3.63) is 35.9 Å². The largest absolute Gasteiger partial charge is 0.401 e. The summed E-state index contributed by atoms with van der Waals surface area (Å²) in [7, 11) is 1.83. The first-order chi connectivity index (χ1) is 9.33. The van der Waals surface area contributed by atoms with Gasteiger partial charge in [-0.1, -0.05) is 30.3 Å². The highest BCUT2D eigenvalue weighted by atomic mass is 19.4. The minimum Gasteiger partial charge on any atom is -0.313 e. The SMILES string of the molecule is CNC(CCN(CC(F)(F)F)C(C)C)c1ccccc1. The Morgan fingerprint density at radius 1 is 1.15 bits per heavy atom. The van der Waals surface area contributed by atoms with E-state index in [9.17, 15) is 13.2 Å². The standard InChI is InChI=1S/C15H23F3N2/c1-12(2)20(11-15(16,17)18)10-9-14(19-3)13-7-5-4-6-8-13/h4-8,12,14,19H,9-11H2,1-3H3. The van der Waals surface area contributed by atoms with E-state index < -0.39 is 12.7 Å². The van der Waals surface area contributed by atoms with Crippen LogP contribution in [0.25, 0.3) is 0 Å². The van der Waals surface area contributed by atoms with Crippen LogP contribution >= 0.6 is 0 Å². The normalized spacial score (nSPS) is 14.0. The molecule has 0 spiro atoms. The lowest BCUT2D eigenvalue weighted by Crippen LogP contribution is -2.40. The van der Waals surface area contributed by atoms with E-state index in [0.29, 0.717) is 13.0 Å². The van der Waals surface area contributed by atoms with Gasteiger partial charge >= 0.3 is 6.18 Å². The van der Waals surface area contributed by atoms with Crippen molar-refractivity contribution in [1.29, 1.82) is 0 Å². The molecule has 0 saturated heterocycles. The van der Waals surface area contributed by atoms with Gasteiger partial charge in [-0.05, 0) is 32.9 Å². The van der Waals surface area contributed by atoms with E-state index in [1.54, 1.807) is 13.8 Å². The van der Waals surface area contributed by atoms with Gasteiger partial charge < -0.3 is 5.32 Å². The molecular formula is C15H23F3N2. The lowest BCUT2D eigenvalue weighted by Gasteiger charge is -2.29. The third-order valence-electron chi connectivity index (χ3n) is 3.37. The molecule has 1 aromatic rings. The van der Waals surface area contributed by atoms with Crippen LogP contribution in [-0.4, -0.2) is 37.3 Å². The van der Waals surface area contributed by atoms with E-state index in [1.165, 1.54) is 4.90 Å². The third kappa shape index (κ3) is 5.92. The molecule has 1 atom stereocenters. The van der Waals surface area contributed by atoms with Crippen molar-refractivity contribution in [2.24, 2.45) is 0 Å². The maximum atomic E-state index is 12.5. The zero-order valence-electron chi connectivity index (χ0n) is 12.2. The number of halogens is 3. The summed E-state index contributed by atoms with van der Waals surface area (Å²) in [5.74, 6) is 0. The van der Waals surface area contributed by atoms with Gasteiger partial charge in [0.2, 0.25) is 0 Å². The van der Waals surface area contributed by atoms with Crippen LogP contribution in [0.4, 0.5) is 13.2 Å². The van der Waals surface area contributed by atoms with Gasteiger partial charge in [0.25, 0.3) is 0 Å². The molecule has 5 heteroatoms. The van der Waals surface area contributed by atoms with Crippen LogP contribution in [-0.2, 0) is 0 Å². The van der Waals surface area contributed by atoms with Gasteiger partial charge in [0, 0.05) is 18.6 Å². The van der Waals surface area contributed by atoms with Gasteiger partial charge in [0.1, 0.15) is 0 Å². The van der Waals surface area contributed by atoms with E-state index >= 15 is 0 Å². The number of alkyl halides is 3. The smallest absolute Gasteiger partial charge is 0.313 e. The second-order valence-corrected chi connectivity index (χ2v) is 5.22. The van der Waals surface area contributed by atoms with E-state index in [4.69, 9.17) is 0 Å². The summed E-state index contributed by atoms with van der Waals surface area (Å²) < 4.78 is 37.6. The monoisotopic (exact) mass is 288 g/mol. The molecule has 0 aliphatic carbocycles. The average molecular weight is 288 g/mol. The highest BCUT2D eigenvalue weighted by molar-refractivity contribution is 5.18. The highest BCUT2D eigenvalue weighted by Crippen LogP contribution is 2.21. The van der Waals surface area contributed by atoms with Crippen molar-refractivity contribution >= 4 is 0 Å². The molecule has 0 saturated carbocycles. The van der Waals surface area contributed by atoms with E-state index in [2.05, 4.69) is 5.32 Å². The predicted octanol–water partition coefficient (Wildman–Crippen LogP) is 3.61. The fraction of sp³-hybridized carbons (Fsp3) is 0.600. The molecular weight excluding hydrogens is 265 g/mol. The van der Waals surface area contributed by atoms with Crippen molar-refractivity contribution in [2.45, 2.75) is 38.5 Å². The van der Waals surface area contributed by atoms with Crippen LogP contribution in [0.3, 0.4) is 0 Å². The Bertz CT molecular complexity index is 376. The average Bonchev–Trinajstić information content (AvgIpc) is 2.37. The van der Waals surface area contributed by atoms with E-state index in [-0.39, 0.29) is 12.1 Å². The zero-order chi connectivity index (χ0) is 15.2. The molecule has 0 aliphatic heterocycles. The first-order valence-electron chi connectivity index (χ1n) is 6.86. The Morgan fingerprint density at radius 2 is 1.75 bits per heavy atom. The van der Waals surface area contributed by atoms with Crippen LogP contribution in [0.15, 0.2) is 30.3 Å². The summed E-state index contributed by atoms with van der Waals surface area (Å²) in [6.45, 7) is 3.15. The molecule has 0 amide bonds. The summed E-state index contributed by atoms with van der Waals surface area (Å²) in [5.41, 5.74) is 1.10. The molecule has 2 nitrogen and oxygen atoms in total. The molecule has 0 aliphatic rings. The molecule has 114 valence electrons. The Labute approximate surface area is 119 Å². The minimum atomic E-state index is -4.15. The number of nitrogens with one attached hydrogen (secondary N) is 1. The first-order valence-corrected chi connectivity index (χ1v) is 6.86. The Balaban J connectivity index is 2.61. The van der Waals surface area contributed by atoms with Gasteiger partial charge in [0.15, 0.2) is 0 Å². The molecule has 1 aromatic carbocycles. The number of hydrogen-bond donors (Lipinski definition) is 1. The Hall–Kier alpha value is -1.07. The maximum absolute atomic E-state index is 12.5. The molecule has 0 heterocycles. The van der Waals surface area contributed by atoms with Crippen LogP contribution in [0, 0.1) is 0 Å². The fourth-order valence-electron chi connectivity index (χ4n) is 2.21. The van der Waals surface area contributed by atoms with E-state index in [0.717, 1.165) is 5.56 Å². The summed E-state index contributed by atoms with van der Waals surface area (Å²) in [4.78, 5) is 1.47. The topological polar surface area (TPSA) is 15.3 Å². The minimum absolute atomic E-state index is 0.0747. The number of rotatable bonds is 7. The van der Waals surface area contributed by atoms with Gasteiger partial charge in [-0.2, -0.15) is 13.2 Å². The lowest BCUT2D eigenvalue weighted by atomic mass is 10.0. The molecule has 0 fully saturated rings. The van der Waals surface area contributed by atoms with Gasteiger partial charge in [0.05, 0.1) is 6.54 Å². The molecule has 0 bridgehead atoms. The first kappa shape index (κ1) is 17.0. The second kappa shape index (κ2) is 7.64. The predicted molar refractivity (Wildman–Crippen MR) is 75.6 cm³/mol. The van der Waals surface area contributed by atoms with Crippen molar-refractivity contribution in [2.75, 3.05) is 20.1 Å². The maximum Gasteiger partial charge on any atom is 0.401 e. The van der Waals surface area contributed by atoms with Crippen molar-refractivity contribution in [1.82, 2.24) is 10.2 Å². The Kier molecular flexibility index (Phi) is 6.49. The lowest BCUT2D eigenvalue weighted by molar-refractivity contribution is -0.149. The van der Waals surface area contributed by atoms with Crippen LogP contribution in [0.2, 0.25) is 0 Å². The van der Waals surface area contributed by atoms with Crippen LogP contribution < -0.4 is 5.32 Å². The van der Waals surface area contributed by atoms with Crippen molar-refractivity contribution < 1.29 is 13.2 Å². The van der Waals surface area contributed by atoms with Crippen LogP contribution in [0.5, 0.6) is 0 Å².